The van der Waals surface area contributed by atoms with Crippen molar-refractivity contribution in [3.8, 4) is 5.75 Å². The minimum absolute atomic E-state index is 0.0617. The molecule has 0 bridgehead atoms. The fourth-order valence-corrected chi connectivity index (χ4v) is 1.00. The van der Waals surface area contributed by atoms with Crippen LogP contribution in [-0.4, -0.2) is 17.7 Å². The van der Waals surface area contributed by atoms with Gasteiger partial charge >= 0.3 is 5.97 Å². The summed E-state index contributed by atoms with van der Waals surface area (Å²) in [6, 6.07) is 6.09. The quantitative estimate of drug-likeness (QED) is 0.610. The zero-order valence-electron chi connectivity index (χ0n) is 8.86. The molecule has 3 nitrogen and oxygen atoms in total. The number of hydrogen-bond acceptors (Lipinski definition) is 3. The molecule has 0 saturated carbocycles. The summed E-state index contributed by atoms with van der Waals surface area (Å²) in [4.78, 5) is 11.4. The number of hydrogen-bond donors (Lipinski definition) is 1. The third-order valence-electron chi connectivity index (χ3n) is 1.79. The maximum absolute atomic E-state index is 11.4. The number of phenols is 1. The van der Waals surface area contributed by atoms with Crippen LogP contribution in [0.25, 0.3) is 0 Å². The van der Waals surface area contributed by atoms with Gasteiger partial charge < -0.3 is 9.84 Å². The van der Waals surface area contributed by atoms with Gasteiger partial charge in [-0.15, -0.1) is 0 Å². The lowest BCUT2D eigenvalue weighted by molar-refractivity contribution is 0.0548. The van der Waals surface area contributed by atoms with Crippen molar-refractivity contribution in [1.29, 1.82) is 0 Å². The Kier molecular flexibility index (Phi) is 3.92. The van der Waals surface area contributed by atoms with Gasteiger partial charge in [0.15, 0.2) is 0 Å². The highest BCUT2D eigenvalue weighted by atomic mass is 16.5. The van der Waals surface area contributed by atoms with Gasteiger partial charge in [0.25, 0.3) is 0 Å². The van der Waals surface area contributed by atoms with E-state index in [9.17, 15) is 4.79 Å². The van der Waals surface area contributed by atoms with Crippen molar-refractivity contribution < 1.29 is 14.6 Å². The Bertz CT molecular complexity index is 376. The highest BCUT2D eigenvalue weighted by Gasteiger charge is 2.06. The van der Waals surface area contributed by atoms with Crippen LogP contribution in [0.4, 0.5) is 0 Å². The average molecular weight is 206 g/mol. The first kappa shape index (κ1) is 11.3. The Labute approximate surface area is 89.0 Å². The number of phenolic OH excluding ortho intramolecular Hbond substituents is 1. The molecule has 1 aromatic carbocycles. The van der Waals surface area contributed by atoms with E-state index in [2.05, 4.69) is 0 Å². The molecule has 0 heterocycles. The van der Waals surface area contributed by atoms with Crippen molar-refractivity contribution in [2.24, 2.45) is 0 Å². The van der Waals surface area contributed by atoms with E-state index in [1.54, 1.807) is 12.1 Å². The van der Waals surface area contributed by atoms with Gasteiger partial charge in [-0.3, -0.25) is 0 Å². The lowest BCUT2D eigenvalue weighted by Crippen LogP contribution is -2.04. The molecule has 1 aromatic rings. The second-order valence-electron chi connectivity index (χ2n) is 3.43. The fraction of sp³-hybridized carbons (Fsp3) is 0.250. The summed E-state index contributed by atoms with van der Waals surface area (Å²) in [6.45, 7) is 4.13. The lowest BCUT2D eigenvalue weighted by atomic mass is 10.2. The van der Waals surface area contributed by atoms with E-state index < -0.39 is 5.97 Å². The standard InChI is InChI=1S/C12H14O3/c1-9(2)6-7-15-12(14)10-4-3-5-11(13)8-10/h3-6,8,13H,7H2,1-2H3. The Morgan fingerprint density at radius 3 is 2.80 bits per heavy atom. The Hall–Kier alpha value is -1.77. The Morgan fingerprint density at radius 2 is 2.20 bits per heavy atom. The number of carbonyl (C=O) groups is 1. The SMILES string of the molecule is CC(C)=CCOC(=O)c1cccc(O)c1. The van der Waals surface area contributed by atoms with Gasteiger partial charge in [-0.1, -0.05) is 11.6 Å². The van der Waals surface area contributed by atoms with Crippen LogP contribution in [0.1, 0.15) is 24.2 Å². The van der Waals surface area contributed by atoms with Crippen LogP contribution in [-0.2, 0) is 4.74 Å². The Balaban J connectivity index is 2.58. The van der Waals surface area contributed by atoms with Crippen molar-refractivity contribution in [2.45, 2.75) is 13.8 Å². The maximum atomic E-state index is 11.4. The average Bonchev–Trinajstić information content (AvgIpc) is 2.17. The third-order valence-corrected chi connectivity index (χ3v) is 1.79. The molecule has 0 aromatic heterocycles. The second kappa shape index (κ2) is 5.20. The number of ether oxygens (including phenoxy) is 1. The van der Waals surface area contributed by atoms with Gasteiger partial charge in [0.1, 0.15) is 12.4 Å². The van der Waals surface area contributed by atoms with E-state index in [0.29, 0.717) is 5.56 Å². The van der Waals surface area contributed by atoms with E-state index in [4.69, 9.17) is 9.84 Å². The molecular weight excluding hydrogens is 192 g/mol. The van der Waals surface area contributed by atoms with Crippen LogP contribution in [0.2, 0.25) is 0 Å². The minimum Gasteiger partial charge on any atom is -0.508 e. The first-order valence-corrected chi connectivity index (χ1v) is 4.69. The molecule has 0 amide bonds. The number of benzene rings is 1. The molecule has 15 heavy (non-hydrogen) atoms. The predicted molar refractivity (Wildman–Crippen MR) is 57.8 cm³/mol. The van der Waals surface area contributed by atoms with Crippen molar-refractivity contribution in [3.63, 3.8) is 0 Å². The molecule has 0 fully saturated rings. The molecule has 0 saturated heterocycles. The van der Waals surface area contributed by atoms with Crippen molar-refractivity contribution in [1.82, 2.24) is 0 Å². The second-order valence-corrected chi connectivity index (χ2v) is 3.43. The molecule has 0 aliphatic heterocycles. The van der Waals surface area contributed by atoms with Crippen LogP contribution in [0.3, 0.4) is 0 Å². The van der Waals surface area contributed by atoms with Gasteiger partial charge in [0.05, 0.1) is 5.56 Å². The summed E-state index contributed by atoms with van der Waals surface area (Å²) < 4.78 is 4.97. The molecule has 1 N–H and O–H groups in total. The number of rotatable bonds is 3. The van der Waals surface area contributed by atoms with E-state index in [1.165, 1.54) is 12.1 Å². The van der Waals surface area contributed by atoms with E-state index in [1.807, 2.05) is 19.9 Å². The maximum Gasteiger partial charge on any atom is 0.338 e. The minimum atomic E-state index is -0.427. The van der Waals surface area contributed by atoms with Gasteiger partial charge in [0, 0.05) is 0 Å². The summed E-state index contributed by atoms with van der Waals surface area (Å²) >= 11 is 0. The molecule has 0 unspecified atom stereocenters. The highest BCUT2D eigenvalue weighted by molar-refractivity contribution is 5.89. The fourth-order valence-electron chi connectivity index (χ4n) is 1.00. The summed E-state index contributed by atoms with van der Waals surface area (Å²) in [5.41, 5.74) is 1.45. The molecule has 1 rings (SSSR count). The predicted octanol–water partition coefficient (Wildman–Crippen LogP) is 2.52. The van der Waals surface area contributed by atoms with E-state index in [-0.39, 0.29) is 12.4 Å². The molecule has 0 spiro atoms. The van der Waals surface area contributed by atoms with Crippen LogP contribution in [0.15, 0.2) is 35.9 Å². The monoisotopic (exact) mass is 206 g/mol. The summed E-state index contributed by atoms with van der Waals surface area (Å²) in [5, 5.41) is 9.16. The normalized spacial score (nSPS) is 9.47. The number of carbonyl (C=O) groups excluding carboxylic acids is 1. The number of aromatic hydroxyl groups is 1. The van der Waals surface area contributed by atoms with Gasteiger partial charge in [-0.05, 0) is 38.1 Å². The number of esters is 1. The largest absolute Gasteiger partial charge is 0.508 e. The van der Waals surface area contributed by atoms with Crippen LogP contribution in [0, 0.1) is 0 Å². The molecule has 0 aliphatic rings. The Morgan fingerprint density at radius 1 is 1.47 bits per heavy atom. The van der Waals surface area contributed by atoms with Gasteiger partial charge in [-0.2, -0.15) is 0 Å². The van der Waals surface area contributed by atoms with E-state index >= 15 is 0 Å². The van der Waals surface area contributed by atoms with Crippen molar-refractivity contribution in [3.05, 3.63) is 41.5 Å². The third kappa shape index (κ3) is 3.85. The molecule has 0 radical (unpaired) electrons. The molecule has 0 atom stereocenters. The molecule has 0 aliphatic carbocycles. The van der Waals surface area contributed by atoms with Crippen molar-refractivity contribution >= 4 is 5.97 Å². The topological polar surface area (TPSA) is 46.5 Å². The van der Waals surface area contributed by atoms with Crippen LogP contribution >= 0.6 is 0 Å². The zero-order valence-corrected chi connectivity index (χ0v) is 8.86. The van der Waals surface area contributed by atoms with Crippen molar-refractivity contribution in [2.75, 3.05) is 6.61 Å². The van der Waals surface area contributed by atoms with Crippen LogP contribution < -0.4 is 0 Å². The first-order chi connectivity index (χ1) is 7.09. The van der Waals surface area contributed by atoms with Crippen LogP contribution in [0.5, 0.6) is 5.75 Å². The summed E-state index contributed by atoms with van der Waals surface area (Å²) in [5.74, 6) is -0.366. The first-order valence-electron chi connectivity index (χ1n) is 4.69. The lowest BCUT2D eigenvalue weighted by Gasteiger charge is -2.02. The summed E-state index contributed by atoms with van der Waals surface area (Å²) in [7, 11) is 0. The smallest absolute Gasteiger partial charge is 0.338 e. The van der Waals surface area contributed by atoms with E-state index in [0.717, 1.165) is 5.57 Å². The number of allylic oxidation sites excluding steroid dienone is 1. The zero-order chi connectivity index (χ0) is 11.3. The molecule has 3 heteroatoms. The highest BCUT2D eigenvalue weighted by Crippen LogP contribution is 2.11. The van der Waals surface area contributed by atoms with Gasteiger partial charge in [-0.25, -0.2) is 4.79 Å². The molecular formula is C12H14O3. The summed E-state index contributed by atoms with van der Waals surface area (Å²) in [6.07, 6.45) is 1.82. The molecule has 80 valence electrons. The van der Waals surface area contributed by atoms with Gasteiger partial charge in [0.2, 0.25) is 0 Å².